The van der Waals surface area contributed by atoms with Gasteiger partial charge in [0.05, 0.1) is 28.2 Å². The maximum absolute atomic E-state index is 12.6. The van der Waals surface area contributed by atoms with E-state index >= 15 is 0 Å². The summed E-state index contributed by atoms with van der Waals surface area (Å²) in [4.78, 5) is 23.4. The normalized spacial score (nSPS) is 10.8. The highest BCUT2D eigenvalue weighted by molar-refractivity contribution is 6.36. The van der Waals surface area contributed by atoms with Gasteiger partial charge >= 0.3 is 5.97 Å². The van der Waals surface area contributed by atoms with Gasteiger partial charge in [-0.2, -0.15) is 0 Å². The second-order valence-electron chi connectivity index (χ2n) is 5.42. The third-order valence-electron chi connectivity index (χ3n) is 3.71. The molecule has 0 fully saturated rings. The SMILES string of the molecule is Nn1cc(C(=O)Nc2cc(Cl)c(CC(=O)O)cc2Cl)c2ccccc21. The van der Waals surface area contributed by atoms with E-state index < -0.39 is 11.9 Å². The van der Waals surface area contributed by atoms with E-state index in [1.54, 1.807) is 12.1 Å². The molecule has 3 rings (SSSR count). The lowest BCUT2D eigenvalue weighted by Gasteiger charge is -2.10. The Morgan fingerprint density at radius 2 is 1.88 bits per heavy atom. The summed E-state index contributed by atoms with van der Waals surface area (Å²) in [7, 11) is 0. The highest BCUT2D eigenvalue weighted by Gasteiger charge is 2.17. The number of fused-ring (bicyclic) bond motifs is 1. The van der Waals surface area contributed by atoms with Crippen molar-refractivity contribution in [3.63, 3.8) is 0 Å². The fraction of sp³-hybridized carbons (Fsp3) is 0.0588. The first-order valence-corrected chi connectivity index (χ1v) is 7.98. The third-order valence-corrected chi connectivity index (χ3v) is 4.38. The standard InChI is InChI=1S/C17H13Cl2N3O3/c18-12-7-14(13(19)5-9(12)6-16(23)24)21-17(25)11-8-22(20)15-4-2-1-3-10(11)15/h1-5,7-8H,6,20H2,(H,21,25)(H,23,24). The smallest absolute Gasteiger partial charge is 0.307 e. The summed E-state index contributed by atoms with van der Waals surface area (Å²) in [6.45, 7) is 0. The minimum absolute atomic E-state index is 0.200. The van der Waals surface area contributed by atoms with Gasteiger partial charge in [0.2, 0.25) is 0 Å². The number of anilines is 1. The summed E-state index contributed by atoms with van der Waals surface area (Å²) in [6, 6.07) is 10.1. The van der Waals surface area contributed by atoms with E-state index in [0.717, 1.165) is 0 Å². The van der Waals surface area contributed by atoms with Crippen LogP contribution >= 0.6 is 23.2 Å². The molecule has 0 aliphatic carbocycles. The molecule has 1 amide bonds. The van der Waals surface area contributed by atoms with Crippen LogP contribution in [0.4, 0.5) is 5.69 Å². The number of halogens is 2. The topological polar surface area (TPSA) is 97.4 Å². The number of para-hydroxylation sites is 1. The van der Waals surface area contributed by atoms with Gasteiger partial charge < -0.3 is 16.3 Å². The lowest BCUT2D eigenvalue weighted by molar-refractivity contribution is -0.136. The fourth-order valence-corrected chi connectivity index (χ4v) is 3.02. The van der Waals surface area contributed by atoms with Gasteiger partial charge in [0, 0.05) is 16.6 Å². The molecule has 0 bridgehead atoms. The summed E-state index contributed by atoms with van der Waals surface area (Å²) >= 11 is 12.2. The molecule has 0 aliphatic heterocycles. The largest absolute Gasteiger partial charge is 0.481 e. The van der Waals surface area contributed by atoms with Crippen LogP contribution in [-0.4, -0.2) is 21.7 Å². The predicted molar refractivity (Wildman–Crippen MR) is 97.8 cm³/mol. The first-order chi connectivity index (χ1) is 11.9. The predicted octanol–water partition coefficient (Wildman–Crippen LogP) is 3.54. The summed E-state index contributed by atoms with van der Waals surface area (Å²) in [6.07, 6.45) is 1.27. The van der Waals surface area contributed by atoms with E-state index in [4.69, 9.17) is 34.2 Å². The fourth-order valence-electron chi connectivity index (χ4n) is 2.56. The molecule has 0 aliphatic rings. The first-order valence-electron chi connectivity index (χ1n) is 7.23. The zero-order valence-corrected chi connectivity index (χ0v) is 14.3. The van der Waals surface area contributed by atoms with Gasteiger partial charge in [-0.15, -0.1) is 0 Å². The van der Waals surface area contributed by atoms with Crippen LogP contribution in [0.2, 0.25) is 10.0 Å². The quantitative estimate of drug-likeness (QED) is 0.605. The molecule has 4 N–H and O–H groups in total. The van der Waals surface area contributed by atoms with E-state index in [1.165, 1.54) is 23.0 Å². The molecule has 25 heavy (non-hydrogen) atoms. The summed E-state index contributed by atoms with van der Waals surface area (Å²) < 4.78 is 1.37. The number of carbonyl (C=O) groups is 2. The van der Waals surface area contributed by atoms with Crippen LogP contribution in [0, 0.1) is 0 Å². The molecule has 0 unspecified atom stereocenters. The number of benzene rings is 2. The van der Waals surface area contributed by atoms with Gasteiger partial charge in [0.1, 0.15) is 0 Å². The van der Waals surface area contributed by atoms with Gasteiger partial charge in [-0.3, -0.25) is 14.3 Å². The number of nitrogens with zero attached hydrogens (tertiary/aromatic N) is 1. The molecule has 0 radical (unpaired) electrons. The van der Waals surface area contributed by atoms with Crippen LogP contribution in [0.25, 0.3) is 10.9 Å². The van der Waals surface area contributed by atoms with Crippen molar-refractivity contribution in [3.05, 3.63) is 63.8 Å². The molecule has 0 saturated heterocycles. The van der Waals surface area contributed by atoms with Crippen molar-refractivity contribution in [1.82, 2.24) is 4.68 Å². The molecular weight excluding hydrogens is 365 g/mol. The Morgan fingerprint density at radius 1 is 1.16 bits per heavy atom. The molecule has 1 heterocycles. The monoisotopic (exact) mass is 377 g/mol. The number of aromatic nitrogens is 1. The van der Waals surface area contributed by atoms with Gasteiger partial charge in [-0.05, 0) is 23.8 Å². The van der Waals surface area contributed by atoms with Crippen molar-refractivity contribution in [1.29, 1.82) is 0 Å². The molecule has 1 aromatic heterocycles. The van der Waals surface area contributed by atoms with E-state index in [2.05, 4.69) is 5.32 Å². The number of carboxylic acid groups (broad SMARTS) is 1. The average Bonchev–Trinajstić information content (AvgIpc) is 2.89. The molecule has 128 valence electrons. The van der Waals surface area contributed by atoms with E-state index in [1.807, 2.05) is 12.1 Å². The zero-order chi connectivity index (χ0) is 18.1. The maximum atomic E-state index is 12.6. The van der Waals surface area contributed by atoms with Crippen LogP contribution in [0.1, 0.15) is 15.9 Å². The second-order valence-corrected chi connectivity index (χ2v) is 6.23. The minimum atomic E-state index is -1.02. The third kappa shape index (κ3) is 3.40. The molecule has 0 saturated carbocycles. The number of aliphatic carboxylic acids is 1. The highest BCUT2D eigenvalue weighted by atomic mass is 35.5. The molecule has 3 aromatic rings. The molecule has 2 aromatic carbocycles. The van der Waals surface area contributed by atoms with Crippen molar-refractivity contribution in [2.24, 2.45) is 0 Å². The number of nitrogens with one attached hydrogen (secondary N) is 1. The second kappa shape index (κ2) is 6.66. The minimum Gasteiger partial charge on any atom is -0.481 e. The zero-order valence-electron chi connectivity index (χ0n) is 12.8. The molecule has 8 heteroatoms. The van der Waals surface area contributed by atoms with Gasteiger partial charge in [0.15, 0.2) is 0 Å². The van der Waals surface area contributed by atoms with Crippen LogP contribution in [-0.2, 0) is 11.2 Å². The van der Waals surface area contributed by atoms with Crippen LogP contribution in [0.5, 0.6) is 0 Å². The van der Waals surface area contributed by atoms with E-state index in [9.17, 15) is 9.59 Å². The Hall–Kier alpha value is -2.70. The van der Waals surface area contributed by atoms with Crippen molar-refractivity contribution in [2.45, 2.75) is 6.42 Å². The van der Waals surface area contributed by atoms with E-state index in [0.29, 0.717) is 27.7 Å². The van der Waals surface area contributed by atoms with Crippen molar-refractivity contribution >= 4 is 51.7 Å². The van der Waals surface area contributed by atoms with Crippen LogP contribution < -0.4 is 11.2 Å². The number of carbonyl (C=O) groups excluding carboxylic acids is 1. The highest BCUT2D eigenvalue weighted by Crippen LogP contribution is 2.30. The Balaban J connectivity index is 1.93. The number of amides is 1. The van der Waals surface area contributed by atoms with Gasteiger partial charge in [-0.1, -0.05) is 41.4 Å². The molecule has 0 spiro atoms. The Labute approximate surface area is 152 Å². The maximum Gasteiger partial charge on any atom is 0.307 e. The number of hydrogen-bond donors (Lipinski definition) is 3. The molecule has 6 nitrogen and oxygen atoms in total. The van der Waals surface area contributed by atoms with Crippen molar-refractivity contribution < 1.29 is 14.7 Å². The summed E-state index contributed by atoms with van der Waals surface area (Å²) in [5.74, 6) is 4.44. The number of nitrogens with two attached hydrogens (primary N) is 1. The van der Waals surface area contributed by atoms with Gasteiger partial charge in [-0.25, -0.2) is 0 Å². The average molecular weight is 378 g/mol. The number of nitrogen functional groups attached to an aromatic ring is 1. The molecule has 0 atom stereocenters. The lowest BCUT2D eigenvalue weighted by Crippen LogP contribution is -2.13. The van der Waals surface area contributed by atoms with Crippen molar-refractivity contribution in [3.8, 4) is 0 Å². The first kappa shape index (κ1) is 17.1. The number of rotatable bonds is 4. The number of hydrogen-bond acceptors (Lipinski definition) is 3. The van der Waals surface area contributed by atoms with Gasteiger partial charge in [0.25, 0.3) is 5.91 Å². The van der Waals surface area contributed by atoms with Crippen molar-refractivity contribution in [2.75, 3.05) is 11.2 Å². The Bertz CT molecular complexity index is 998. The summed E-state index contributed by atoms with van der Waals surface area (Å²) in [5, 5.41) is 12.7. The van der Waals surface area contributed by atoms with Crippen LogP contribution in [0.15, 0.2) is 42.6 Å². The van der Waals surface area contributed by atoms with E-state index in [-0.39, 0.29) is 16.5 Å². The van der Waals surface area contributed by atoms with Crippen LogP contribution in [0.3, 0.4) is 0 Å². The Kier molecular flexibility index (Phi) is 4.57. The molecular formula is C17H13Cl2N3O3. The Morgan fingerprint density at radius 3 is 2.60 bits per heavy atom. The summed E-state index contributed by atoms with van der Waals surface area (Å²) in [5.41, 5.74) is 1.77. The lowest BCUT2D eigenvalue weighted by atomic mass is 10.1. The number of carboxylic acids is 1.